The van der Waals surface area contributed by atoms with Gasteiger partial charge in [-0.3, -0.25) is 9.59 Å². The number of hydrogen-bond donors (Lipinski definition) is 1. The number of hydrogen-bond acceptors (Lipinski definition) is 3. The van der Waals surface area contributed by atoms with Gasteiger partial charge in [0.15, 0.2) is 5.78 Å². The minimum atomic E-state index is -0.680. The van der Waals surface area contributed by atoms with Crippen LogP contribution in [0.4, 0.5) is 4.39 Å². The Morgan fingerprint density at radius 3 is 2.52 bits per heavy atom. The number of nitrogens with two attached hydrogens (primary N) is 1. The minimum Gasteiger partial charge on any atom is -0.340 e. The number of Topliss-reactive ketones (excluding diaryl/α,β-unsaturated/α-hetero) is 1. The van der Waals surface area contributed by atoms with E-state index in [4.69, 9.17) is 5.73 Å². The second-order valence-corrected chi connectivity index (χ2v) is 6.12. The molecule has 3 rings (SSSR count). The fourth-order valence-corrected chi connectivity index (χ4v) is 2.89. The van der Waals surface area contributed by atoms with Crippen LogP contribution in [-0.4, -0.2) is 35.2 Å². The molecule has 1 aliphatic carbocycles. The number of ketones is 1. The lowest BCUT2D eigenvalue weighted by atomic mass is 9.89. The fourth-order valence-electron chi connectivity index (χ4n) is 2.89. The zero-order chi connectivity index (χ0) is 15.0. The lowest BCUT2D eigenvalue weighted by Crippen LogP contribution is -2.50. The van der Waals surface area contributed by atoms with E-state index in [1.54, 1.807) is 4.90 Å². The van der Waals surface area contributed by atoms with E-state index >= 15 is 0 Å². The van der Waals surface area contributed by atoms with Crippen LogP contribution in [0.5, 0.6) is 0 Å². The maximum Gasteiger partial charge on any atom is 0.242 e. The third kappa shape index (κ3) is 2.83. The first-order valence-corrected chi connectivity index (χ1v) is 7.38. The number of piperidine rings is 1. The highest BCUT2D eigenvalue weighted by Crippen LogP contribution is 2.35. The van der Waals surface area contributed by atoms with Crippen molar-refractivity contribution in [2.45, 2.75) is 31.2 Å². The van der Waals surface area contributed by atoms with Crippen molar-refractivity contribution >= 4 is 11.7 Å². The van der Waals surface area contributed by atoms with E-state index in [1.807, 2.05) is 0 Å². The van der Waals surface area contributed by atoms with Crippen LogP contribution in [0.15, 0.2) is 24.3 Å². The molecule has 0 spiro atoms. The van der Waals surface area contributed by atoms with E-state index in [2.05, 4.69) is 0 Å². The summed E-state index contributed by atoms with van der Waals surface area (Å²) in [6, 6.07) is 5.59. The largest absolute Gasteiger partial charge is 0.340 e. The summed E-state index contributed by atoms with van der Waals surface area (Å²) in [5.74, 6) is -0.616. The third-order valence-electron chi connectivity index (χ3n) is 4.42. The number of carbonyl (C=O) groups is 2. The van der Waals surface area contributed by atoms with Crippen LogP contribution in [0.3, 0.4) is 0 Å². The molecule has 1 heterocycles. The zero-order valence-corrected chi connectivity index (χ0v) is 11.8. The predicted octanol–water partition coefficient (Wildman–Crippen LogP) is 1.74. The van der Waals surface area contributed by atoms with Crippen molar-refractivity contribution in [2.75, 3.05) is 13.1 Å². The van der Waals surface area contributed by atoms with Crippen molar-refractivity contribution in [3.8, 4) is 0 Å². The molecular formula is C16H19FN2O2. The number of halogens is 1. The zero-order valence-electron chi connectivity index (χ0n) is 11.8. The van der Waals surface area contributed by atoms with Crippen LogP contribution in [0.1, 0.15) is 36.0 Å². The molecule has 1 saturated carbocycles. The van der Waals surface area contributed by atoms with E-state index in [0.29, 0.717) is 18.7 Å². The van der Waals surface area contributed by atoms with Crippen molar-refractivity contribution in [1.82, 2.24) is 4.90 Å². The Hall–Kier alpha value is -1.75. The van der Waals surface area contributed by atoms with E-state index < -0.39 is 5.54 Å². The summed E-state index contributed by atoms with van der Waals surface area (Å²) in [6.45, 7) is 1.10. The van der Waals surface area contributed by atoms with E-state index in [0.717, 1.165) is 25.7 Å². The van der Waals surface area contributed by atoms with Gasteiger partial charge in [0.1, 0.15) is 5.82 Å². The number of benzene rings is 1. The molecule has 5 heteroatoms. The molecule has 112 valence electrons. The molecule has 0 radical (unpaired) electrons. The van der Waals surface area contributed by atoms with Crippen molar-refractivity contribution in [2.24, 2.45) is 11.7 Å². The van der Waals surface area contributed by atoms with Crippen molar-refractivity contribution in [3.63, 3.8) is 0 Å². The smallest absolute Gasteiger partial charge is 0.242 e. The number of amides is 1. The summed E-state index contributed by atoms with van der Waals surface area (Å²) in [5.41, 5.74) is 5.78. The quantitative estimate of drug-likeness (QED) is 0.862. The Bertz CT molecular complexity index is 566. The Morgan fingerprint density at radius 2 is 1.90 bits per heavy atom. The Kier molecular flexibility index (Phi) is 3.53. The highest BCUT2D eigenvalue weighted by atomic mass is 19.1. The Balaban J connectivity index is 1.69. The first-order chi connectivity index (χ1) is 9.99. The number of rotatable bonds is 3. The number of carbonyl (C=O) groups excluding carboxylic acids is 2. The van der Waals surface area contributed by atoms with Crippen LogP contribution >= 0.6 is 0 Å². The molecule has 21 heavy (non-hydrogen) atoms. The van der Waals surface area contributed by atoms with Gasteiger partial charge in [0.25, 0.3) is 0 Å². The molecule has 1 atom stereocenters. The Morgan fingerprint density at radius 1 is 1.24 bits per heavy atom. The number of nitrogens with zero attached hydrogens (tertiary/aromatic N) is 1. The minimum absolute atomic E-state index is 0.0191. The Labute approximate surface area is 123 Å². The molecule has 0 bridgehead atoms. The van der Waals surface area contributed by atoms with Gasteiger partial charge in [0.05, 0.1) is 5.54 Å². The second-order valence-electron chi connectivity index (χ2n) is 6.12. The summed E-state index contributed by atoms with van der Waals surface area (Å²) in [4.78, 5) is 26.4. The van der Waals surface area contributed by atoms with E-state index in [-0.39, 0.29) is 23.4 Å². The lowest BCUT2D eigenvalue weighted by molar-refractivity contribution is -0.135. The van der Waals surface area contributed by atoms with Gasteiger partial charge in [0.2, 0.25) is 5.91 Å². The highest BCUT2D eigenvalue weighted by Gasteiger charge is 2.49. The monoisotopic (exact) mass is 290 g/mol. The van der Waals surface area contributed by atoms with Crippen molar-refractivity contribution in [3.05, 3.63) is 35.6 Å². The SMILES string of the molecule is NC1(C(=O)N2CCCC(C(=O)c3ccc(F)cc3)C2)CC1. The summed E-state index contributed by atoms with van der Waals surface area (Å²) >= 11 is 0. The van der Waals surface area contributed by atoms with Crippen molar-refractivity contribution in [1.29, 1.82) is 0 Å². The van der Waals surface area contributed by atoms with E-state index in [1.165, 1.54) is 24.3 Å². The van der Waals surface area contributed by atoms with Crippen molar-refractivity contribution < 1.29 is 14.0 Å². The topological polar surface area (TPSA) is 63.4 Å². The van der Waals surface area contributed by atoms with Crippen LogP contribution in [0, 0.1) is 11.7 Å². The van der Waals surface area contributed by atoms with Gasteiger partial charge in [-0.15, -0.1) is 0 Å². The lowest BCUT2D eigenvalue weighted by Gasteiger charge is -2.33. The van der Waals surface area contributed by atoms with Crippen LogP contribution in [0.25, 0.3) is 0 Å². The molecule has 1 aromatic carbocycles. The highest BCUT2D eigenvalue weighted by molar-refractivity contribution is 5.98. The van der Waals surface area contributed by atoms with Crippen LogP contribution < -0.4 is 5.73 Å². The molecule has 2 fully saturated rings. The molecular weight excluding hydrogens is 271 g/mol. The predicted molar refractivity (Wildman–Crippen MR) is 76.2 cm³/mol. The van der Waals surface area contributed by atoms with Gasteiger partial charge < -0.3 is 10.6 Å². The molecule has 1 unspecified atom stereocenters. The first kappa shape index (κ1) is 14.2. The average molecular weight is 290 g/mol. The normalized spacial score (nSPS) is 23.7. The summed E-state index contributed by atoms with van der Waals surface area (Å²) in [5, 5.41) is 0. The summed E-state index contributed by atoms with van der Waals surface area (Å²) in [7, 11) is 0. The first-order valence-electron chi connectivity index (χ1n) is 7.38. The maximum absolute atomic E-state index is 12.9. The molecule has 4 nitrogen and oxygen atoms in total. The van der Waals surface area contributed by atoms with E-state index in [9.17, 15) is 14.0 Å². The molecule has 1 aromatic rings. The molecule has 2 N–H and O–H groups in total. The standard InChI is InChI=1S/C16H19FN2O2/c17-13-5-3-11(4-6-13)14(20)12-2-1-9-19(10-12)15(21)16(18)7-8-16/h3-6,12H,1-2,7-10,18H2. The fraction of sp³-hybridized carbons (Fsp3) is 0.500. The molecule has 1 amide bonds. The van der Waals surface area contributed by atoms with Gasteiger partial charge in [0, 0.05) is 24.6 Å². The van der Waals surface area contributed by atoms with Gasteiger partial charge in [-0.2, -0.15) is 0 Å². The van der Waals surface area contributed by atoms with Crippen LogP contribution in [0.2, 0.25) is 0 Å². The van der Waals surface area contributed by atoms with Crippen LogP contribution in [-0.2, 0) is 4.79 Å². The molecule has 1 aliphatic heterocycles. The average Bonchev–Trinajstić information content (AvgIpc) is 3.26. The summed E-state index contributed by atoms with van der Waals surface area (Å²) in [6.07, 6.45) is 3.04. The van der Waals surface area contributed by atoms with Gasteiger partial charge >= 0.3 is 0 Å². The second kappa shape index (κ2) is 5.22. The molecule has 0 aromatic heterocycles. The summed E-state index contributed by atoms with van der Waals surface area (Å²) < 4.78 is 12.9. The maximum atomic E-state index is 12.9. The number of likely N-dealkylation sites (tertiary alicyclic amines) is 1. The van der Waals surface area contributed by atoms with Gasteiger partial charge in [-0.1, -0.05) is 0 Å². The molecule has 2 aliphatic rings. The van der Waals surface area contributed by atoms with Gasteiger partial charge in [-0.25, -0.2) is 4.39 Å². The molecule has 1 saturated heterocycles. The van der Waals surface area contributed by atoms with Gasteiger partial charge in [-0.05, 0) is 49.9 Å². The third-order valence-corrected chi connectivity index (χ3v) is 4.42.